The molecule has 0 spiro atoms. The summed E-state index contributed by atoms with van der Waals surface area (Å²) in [5.41, 5.74) is 10.4. The second kappa shape index (κ2) is 5.29. The molecular formula is C16H15BrN2O. The van der Waals surface area contributed by atoms with Crippen molar-refractivity contribution in [2.75, 3.05) is 11.1 Å². The van der Waals surface area contributed by atoms with Gasteiger partial charge in [-0.2, -0.15) is 0 Å². The third-order valence-electron chi connectivity index (χ3n) is 3.59. The number of hydrogen-bond donors (Lipinski definition) is 2. The first-order valence-electron chi connectivity index (χ1n) is 6.61. The van der Waals surface area contributed by atoms with Crippen molar-refractivity contribution in [2.45, 2.75) is 19.3 Å². The lowest BCUT2D eigenvalue weighted by molar-refractivity contribution is 0.102. The molecule has 0 saturated carbocycles. The minimum atomic E-state index is -0.151. The number of rotatable bonds is 2. The second-order valence-electron chi connectivity index (χ2n) is 5.03. The molecule has 20 heavy (non-hydrogen) atoms. The van der Waals surface area contributed by atoms with E-state index in [1.54, 1.807) is 18.2 Å². The Morgan fingerprint density at radius 3 is 2.75 bits per heavy atom. The van der Waals surface area contributed by atoms with Crippen LogP contribution in [0.2, 0.25) is 0 Å². The molecule has 0 atom stereocenters. The van der Waals surface area contributed by atoms with Crippen molar-refractivity contribution in [3.8, 4) is 0 Å². The predicted molar refractivity (Wildman–Crippen MR) is 85.0 cm³/mol. The summed E-state index contributed by atoms with van der Waals surface area (Å²) in [7, 11) is 0. The Balaban J connectivity index is 1.84. The summed E-state index contributed by atoms with van der Waals surface area (Å²) in [6, 6.07) is 11.4. The molecule has 2 aromatic rings. The Morgan fingerprint density at radius 2 is 1.90 bits per heavy atom. The van der Waals surface area contributed by atoms with Gasteiger partial charge >= 0.3 is 0 Å². The van der Waals surface area contributed by atoms with E-state index >= 15 is 0 Å². The Bertz CT molecular complexity index is 682. The first-order chi connectivity index (χ1) is 9.63. The highest BCUT2D eigenvalue weighted by atomic mass is 79.9. The Labute approximate surface area is 126 Å². The third-order valence-corrected chi connectivity index (χ3v) is 4.28. The monoisotopic (exact) mass is 330 g/mol. The fourth-order valence-corrected chi connectivity index (χ4v) is 2.99. The number of nitrogens with one attached hydrogen (secondary N) is 1. The van der Waals surface area contributed by atoms with Crippen LogP contribution >= 0.6 is 15.9 Å². The van der Waals surface area contributed by atoms with Gasteiger partial charge in [0.15, 0.2) is 0 Å². The van der Waals surface area contributed by atoms with Crippen LogP contribution in [-0.4, -0.2) is 5.91 Å². The zero-order chi connectivity index (χ0) is 14.1. The van der Waals surface area contributed by atoms with Gasteiger partial charge in [-0.1, -0.05) is 6.07 Å². The number of anilines is 2. The normalized spacial score (nSPS) is 13.1. The van der Waals surface area contributed by atoms with E-state index < -0.39 is 0 Å². The van der Waals surface area contributed by atoms with Crippen molar-refractivity contribution in [1.82, 2.24) is 0 Å². The lowest BCUT2D eigenvalue weighted by atomic mass is 10.1. The fourth-order valence-electron chi connectivity index (χ4n) is 2.56. The van der Waals surface area contributed by atoms with Crippen LogP contribution in [0.1, 0.15) is 27.9 Å². The minimum absolute atomic E-state index is 0.151. The molecule has 0 aliphatic heterocycles. The van der Waals surface area contributed by atoms with E-state index in [9.17, 15) is 4.79 Å². The molecular weight excluding hydrogens is 316 g/mol. The molecule has 0 saturated heterocycles. The molecule has 102 valence electrons. The first kappa shape index (κ1) is 13.2. The Kier molecular flexibility index (Phi) is 3.49. The fraction of sp³-hybridized carbons (Fsp3) is 0.188. The van der Waals surface area contributed by atoms with Crippen LogP contribution in [0.3, 0.4) is 0 Å². The van der Waals surface area contributed by atoms with Crippen LogP contribution in [0.25, 0.3) is 0 Å². The average Bonchev–Trinajstić information content (AvgIpc) is 2.89. The molecule has 1 aliphatic carbocycles. The summed E-state index contributed by atoms with van der Waals surface area (Å²) in [6.45, 7) is 0. The summed E-state index contributed by atoms with van der Waals surface area (Å²) < 4.78 is 0.741. The highest BCUT2D eigenvalue weighted by molar-refractivity contribution is 9.10. The van der Waals surface area contributed by atoms with Crippen molar-refractivity contribution < 1.29 is 4.79 Å². The Morgan fingerprint density at radius 1 is 1.10 bits per heavy atom. The largest absolute Gasteiger partial charge is 0.399 e. The number of carbonyl (C=O) groups excluding carboxylic acids is 1. The van der Waals surface area contributed by atoms with Gasteiger partial charge in [-0.3, -0.25) is 4.79 Å². The Hall–Kier alpha value is -1.81. The van der Waals surface area contributed by atoms with Crippen molar-refractivity contribution in [3.05, 3.63) is 57.6 Å². The van der Waals surface area contributed by atoms with Gasteiger partial charge in [0.25, 0.3) is 5.91 Å². The van der Waals surface area contributed by atoms with Crippen LogP contribution in [-0.2, 0) is 12.8 Å². The van der Waals surface area contributed by atoms with E-state index in [-0.39, 0.29) is 5.91 Å². The van der Waals surface area contributed by atoms with E-state index in [0.29, 0.717) is 11.3 Å². The molecule has 0 fully saturated rings. The molecule has 4 heteroatoms. The van der Waals surface area contributed by atoms with Gasteiger partial charge in [-0.15, -0.1) is 0 Å². The van der Waals surface area contributed by atoms with Crippen molar-refractivity contribution in [2.24, 2.45) is 0 Å². The van der Waals surface area contributed by atoms with E-state index in [1.165, 1.54) is 17.5 Å². The summed E-state index contributed by atoms with van der Waals surface area (Å²) >= 11 is 3.38. The number of hydrogen-bond acceptors (Lipinski definition) is 2. The number of benzene rings is 2. The molecule has 0 aromatic heterocycles. The van der Waals surface area contributed by atoms with Gasteiger partial charge in [0.2, 0.25) is 0 Å². The predicted octanol–water partition coefficient (Wildman–Crippen LogP) is 3.77. The van der Waals surface area contributed by atoms with Crippen LogP contribution in [0, 0.1) is 0 Å². The summed E-state index contributed by atoms with van der Waals surface area (Å²) in [6.07, 6.45) is 3.44. The molecule has 3 nitrogen and oxygen atoms in total. The van der Waals surface area contributed by atoms with Crippen LogP contribution in [0.4, 0.5) is 11.4 Å². The van der Waals surface area contributed by atoms with E-state index in [2.05, 4.69) is 33.4 Å². The van der Waals surface area contributed by atoms with Gasteiger partial charge < -0.3 is 11.1 Å². The molecule has 2 aromatic carbocycles. The average molecular weight is 331 g/mol. The summed E-state index contributed by atoms with van der Waals surface area (Å²) in [5.74, 6) is -0.151. The van der Waals surface area contributed by atoms with Crippen molar-refractivity contribution >= 4 is 33.2 Å². The number of nitrogen functional groups attached to an aromatic ring is 1. The number of aryl methyl sites for hydroxylation is 2. The molecule has 0 bridgehead atoms. The molecule has 0 unspecified atom stereocenters. The number of carbonyl (C=O) groups is 1. The number of nitrogens with two attached hydrogens (primary N) is 1. The number of fused-ring (bicyclic) bond motifs is 1. The highest BCUT2D eigenvalue weighted by Gasteiger charge is 2.14. The van der Waals surface area contributed by atoms with E-state index in [0.717, 1.165) is 23.0 Å². The number of halogens is 1. The number of amides is 1. The molecule has 1 aliphatic rings. The lowest BCUT2D eigenvalue weighted by Gasteiger charge is -2.09. The molecule has 0 heterocycles. The third kappa shape index (κ3) is 2.56. The standard InChI is InChI=1S/C16H15BrN2O/c17-15-7-5-12(18)9-14(15)16(20)19-13-6-4-10-2-1-3-11(10)8-13/h4-9H,1-3,18H2,(H,19,20). The molecule has 3 rings (SSSR count). The topological polar surface area (TPSA) is 55.1 Å². The molecule has 0 radical (unpaired) electrons. The van der Waals surface area contributed by atoms with Crippen molar-refractivity contribution in [1.29, 1.82) is 0 Å². The first-order valence-corrected chi connectivity index (χ1v) is 7.41. The molecule has 1 amide bonds. The van der Waals surface area contributed by atoms with Crippen LogP contribution in [0.5, 0.6) is 0 Å². The summed E-state index contributed by atoms with van der Waals surface area (Å²) in [5, 5.41) is 2.93. The quantitative estimate of drug-likeness (QED) is 0.823. The molecule has 3 N–H and O–H groups in total. The highest BCUT2D eigenvalue weighted by Crippen LogP contribution is 2.26. The van der Waals surface area contributed by atoms with E-state index in [1.807, 2.05) is 6.07 Å². The van der Waals surface area contributed by atoms with Crippen LogP contribution < -0.4 is 11.1 Å². The minimum Gasteiger partial charge on any atom is -0.399 e. The van der Waals surface area contributed by atoms with Gasteiger partial charge in [-0.25, -0.2) is 0 Å². The maximum Gasteiger partial charge on any atom is 0.256 e. The second-order valence-corrected chi connectivity index (χ2v) is 5.88. The van der Waals surface area contributed by atoms with Gasteiger partial charge in [0, 0.05) is 15.8 Å². The van der Waals surface area contributed by atoms with E-state index in [4.69, 9.17) is 5.73 Å². The van der Waals surface area contributed by atoms with Gasteiger partial charge in [0.1, 0.15) is 0 Å². The lowest BCUT2D eigenvalue weighted by Crippen LogP contribution is -2.13. The zero-order valence-electron chi connectivity index (χ0n) is 10.9. The van der Waals surface area contributed by atoms with Crippen molar-refractivity contribution in [3.63, 3.8) is 0 Å². The van der Waals surface area contributed by atoms with Gasteiger partial charge in [-0.05, 0) is 76.7 Å². The smallest absolute Gasteiger partial charge is 0.256 e. The SMILES string of the molecule is Nc1ccc(Br)c(C(=O)Nc2ccc3c(c2)CCC3)c1. The maximum absolute atomic E-state index is 12.3. The zero-order valence-corrected chi connectivity index (χ0v) is 12.5. The van der Waals surface area contributed by atoms with Gasteiger partial charge in [0.05, 0.1) is 5.56 Å². The van der Waals surface area contributed by atoms with Crippen LogP contribution in [0.15, 0.2) is 40.9 Å². The maximum atomic E-state index is 12.3. The summed E-state index contributed by atoms with van der Waals surface area (Å²) in [4.78, 5) is 12.3.